The minimum absolute atomic E-state index is 0.338. The van der Waals surface area contributed by atoms with Crippen LogP contribution < -0.4 is 5.32 Å². The summed E-state index contributed by atoms with van der Waals surface area (Å²) in [7, 11) is 0. The Bertz CT molecular complexity index is 819. The summed E-state index contributed by atoms with van der Waals surface area (Å²) in [6.45, 7) is 3.49. The van der Waals surface area contributed by atoms with Crippen LogP contribution in [0.4, 0.5) is 10.1 Å². The van der Waals surface area contributed by atoms with Crippen molar-refractivity contribution < 1.29 is 18.7 Å². The quantitative estimate of drug-likeness (QED) is 0.793. The lowest BCUT2D eigenvalue weighted by atomic mass is 9.79. The number of esters is 1. The molecule has 4 nitrogen and oxygen atoms in total. The van der Waals surface area contributed by atoms with Crippen molar-refractivity contribution in [3.8, 4) is 0 Å². The summed E-state index contributed by atoms with van der Waals surface area (Å²) in [5.41, 5.74) is 2.61. The number of para-hydroxylation sites is 1. The molecule has 1 amide bonds. The van der Waals surface area contributed by atoms with Crippen LogP contribution in [0.1, 0.15) is 42.4 Å². The number of rotatable bonds is 5. The average molecular weight is 369 g/mol. The first-order valence-corrected chi connectivity index (χ1v) is 9.22. The highest BCUT2D eigenvalue weighted by atomic mass is 19.1. The van der Waals surface area contributed by atoms with E-state index in [1.807, 2.05) is 32.0 Å². The minimum Gasteiger partial charge on any atom is -0.455 e. The third kappa shape index (κ3) is 4.02. The van der Waals surface area contributed by atoms with Gasteiger partial charge in [-0.25, -0.2) is 4.39 Å². The van der Waals surface area contributed by atoms with Crippen molar-refractivity contribution in [3.63, 3.8) is 0 Å². The third-order valence-electron chi connectivity index (χ3n) is 5.32. The molecule has 0 radical (unpaired) electrons. The second-order valence-corrected chi connectivity index (χ2v) is 7.19. The van der Waals surface area contributed by atoms with E-state index in [9.17, 15) is 14.0 Å². The Balaban J connectivity index is 1.68. The Morgan fingerprint density at radius 1 is 1.04 bits per heavy atom. The second kappa shape index (κ2) is 7.91. The standard InChI is InChI=1S/C22H24FNO3/c1-15-6-5-7-16(2)20(15)24-19(25)14-27-21(26)22(12-3-4-13-22)17-8-10-18(23)11-9-17/h5-11H,3-4,12-14H2,1-2H3,(H,24,25). The summed E-state index contributed by atoms with van der Waals surface area (Å²) >= 11 is 0. The molecule has 142 valence electrons. The zero-order valence-corrected chi connectivity index (χ0v) is 15.7. The number of carbonyl (C=O) groups excluding carboxylic acids is 2. The lowest BCUT2D eigenvalue weighted by Gasteiger charge is -2.27. The van der Waals surface area contributed by atoms with Crippen LogP contribution in [0.25, 0.3) is 0 Å². The smallest absolute Gasteiger partial charge is 0.317 e. The van der Waals surface area contributed by atoms with Crippen molar-refractivity contribution in [2.24, 2.45) is 0 Å². The van der Waals surface area contributed by atoms with Crippen LogP contribution in [0.2, 0.25) is 0 Å². The number of ether oxygens (including phenoxy) is 1. The molecule has 2 aromatic rings. The van der Waals surface area contributed by atoms with Gasteiger partial charge in [0.25, 0.3) is 5.91 Å². The predicted molar refractivity (Wildman–Crippen MR) is 102 cm³/mol. The fourth-order valence-corrected chi connectivity index (χ4v) is 3.81. The Hall–Kier alpha value is -2.69. The zero-order chi connectivity index (χ0) is 19.4. The maximum atomic E-state index is 13.3. The van der Waals surface area contributed by atoms with E-state index < -0.39 is 11.4 Å². The van der Waals surface area contributed by atoms with Gasteiger partial charge in [0.2, 0.25) is 0 Å². The number of nitrogens with one attached hydrogen (secondary N) is 1. The van der Waals surface area contributed by atoms with Crippen LogP contribution in [0, 0.1) is 19.7 Å². The molecule has 0 bridgehead atoms. The molecule has 1 saturated carbocycles. The molecule has 27 heavy (non-hydrogen) atoms. The molecule has 1 fully saturated rings. The molecular weight excluding hydrogens is 345 g/mol. The van der Waals surface area contributed by atoms with E-state index in [2.05, 4.69) is 5.32 Å². The van der Waals surface area contributed by atoms with Crippen LogP contribution >= 0.6 is 0 Å². The Morgan fingerprint density at radius 3 is 2.22 bits per heavy atom. The molecule has 0 spiro atoms. The van der Waals surface area contributed by atoms with Gasteiger partial charge in [0, 0.05) is 5.69 Å². The van der Waals surface area contributed by atoms with Crippen molar-refractivity contribution in [1.82, 2.24) is 0 Å². The molecule has 0 saturated heterocycles. The number of carbonyl (C=O) groups is 2. The van der Waals surface area contributed by atoms with Gasteiger partial charge in [-0.3, -0.25) is 9.59 Å². The number of halogens is 1. The topological polar surface area (TPSA) is 55.4 Å². The normalized spacial score (nSPS) is 15.4. The summed E-state index contributed by atoms with van der Waals surface area (Å²) in [5, 5.41) is 2.82. The maximum Gasteiger partial charge on any atom is 0.317 e. The fraction of sp³-hybridized carbons (Fsp3) is 0.364. The van der Waals surface area contributed by atoms with E-state index in [0.29, 0.717) is 12.8 Å². The molecule has 1 N–H and O–H groups in total. The monoisotopic (exact) mass is 369 g/mol. The molecule has 0 aromatic heterocycles. The molecule has 1 aliphatic rings. The maximum absolute atomic E-state index is 13.3. The highest BCUT2D eigenvalue weighted by Crippen LogP contribution is 2.42. The van der Waals surface area contributed by atoms with Gasteiger partial charge in [0.05, 0.1) is 5.41 Å². The number of hydrogen-bond acceptors (Lipinski definition) is 3. The van der Waals surface area contributed by atoms with Crippen molar-refractivity contribution in [2.45, 2.75) is 44.9 Å². The number of amides is 1. The third-order valence-corrected chi connectivity index (χ3v) is 5.32. The van der Waals surface area contributed by atoms with Crippen molar-refractivity contribution in [1.29, 1.82) is 0 Å². The van der Waals surface area contributed by atoms with E-state index in [1.165, 1.54) is 12.1 Å². The largest absolute Gasteiger partial charge is 0.455 e. The SMILES string of the molecule is Cc1cccc(C)c1NC(=O)COC(=O)C1(c2ccc(F)cc2)CCCC1. The Labute approximate surface area is 158 Å². The minimum atomic E-state index is -0.785. The molecule has 3 rings (SSSR count). The fourth-order valence-electron chi connectivity index (χ4n) is 3.81. The van der Waals surface area contributed by atoms with Gasteiger partial charge in [-0.1, -0.05) is 43.2 Å². The molecule has 5 heteroatoms. The molecule has 0 aliphatic heterocycles. The molecule has 0 heterocycles. The molecule has 0 unspecified atom stereocenters. The summed E-state index contributed by atoms with van der Waals surface area (Å²) < 4.78 is 18.6. The first-order chi connectivity index (χ1) is 12.9. The van der Waals surface area contributed by atoms with E-state index >= 15 is 0 Å². The van der Waals surface area contributed by atoms with E-state index in [0.717, 1.165) is 35.2 Å². The lowest BCUT2D eigenvalue weighted by Crippen LogP contribution is -2.36. The number of benzene rings is 2. The summed E-state index contributed by atoms with van der Waals surface area (Å²) in [4.78, 5) is 25.1. The van der Waals surface area contributed by atoms with Crippen molar-refractivity contribution in [2.75, 3.05) is 11.9 Å². The lowest BCUT2D eigenvalue weighted by molar-refractivity contribution is -0.153. The van der Waals surface area contributed by atoms with Crippen LogP contribution in [0.5, 0.6) is 0 Å². The van der Waals surface area contributed by atoms with Gasteiger partial charge in [-0.05, 0) is 55.5 Å². The van der Waals surface area contributed by atoms with Crippen LogP contribution in [-0.2, 0) is 19.7 Å². The highest BCUT2D eigenvalue weighted by Gasteiger charge is 2.44. The van der Waals surface area contributed by atoms with E-state index in [-0.39, 0.29) is 18.3 Å². The van der Waals surface area contributed by atoms with Crippen molar-refractivity contribution >= 4 is 17.6 Å². The van der Waals surface area contributed by atoms with Gasteiger partial charge < -0.3 is 10.1 Å². The van der Waals surface area contributed by atoms with Crippen LogP contribution in [0.15, 0.2) is 42.5 Å². The molecule has 0 atom stereocenters. The second-order valence-electron chi connectivity index (χ2n) is 7.19. The van der Waals surface area contributed by atoms with E-state index in [4.69, 9.17) is 4.74 Å². The summed E-state index contributed by atoms with van der Waals surface area (Å²) in [5.74, 6) is -1.12. The highest BCUT2D eigenvalue weighted by molar-refractivity contribution is 5.95. The first kappa shape index (κ1) is 19.1. The van der Waals surface area contributed by atoms with Gasteiger partial charge in [0.15, 0.2) is 6.61 Å². The molecular formula is C22H24FNO3. The van der Waals surface area contributed by atoms with Crippen molar-refractivity contribution in [3.05, 3.63) is 65.0 Å². The predicted octanol–water partition coefficient (Wildman–Crippen LogP) is 4.44. The first-order valence-electron chi connectivity index (χ1n) is 9.22. The number of aryl methyl sites for hydroxylation is 2. The summed E-state index contributed by atoms with van der Waals surface area (Å²) in [6, 6.07) is 11.7. The van der Waals surface area contributed by atoms with Gasteiger partial charge >= 0.3 is 5.97 Å². The zero-order valence-electron chi connectivity index (χ0n) is 15.7. The van der Waals surface area contributed by atoms with Crippen LogP contribution in [0.3, 0.4) is 0 Å². The number of hydrogen-bond donors (Lipinski definition) is 1. The Morgan fingerprint density at radius 2 is 1.63 bits per heavy atom. The average Bonchev–Trinajstić information content (AvgIpc) is 3.14. The van der Waals surface area contributed by atoms with Gasteiger partial charge in [-0.2, -0.15) is 0 Å². The van der Waals surface area contributed by atoms with Gasteiger partial charge in [0.1, 0.15) is 5.82 Å². The van der Waals surface area contributed by atoms with E-state index in [1.54, 1.807) is 12.1 Å². The van der Waals surface area contributed by atoms with Gasteiger partial charge in [-0.15, -0.1) is 0 Å². The van der Waals surface area contributed by atoms with Crippen LogP contribution in [-0.4, -0.2) is 18.5 Å². The number of anilines is 1. The molecule has 2 aromatic carbocycles. The summed E-state index contributed by atoms with van der Waals surface area (Å²) in [6.07, 6.45) is 3.11. The Kier molecular flexibility index (Phi) is 5.59. The molecule has 1 aliphatic carbocycles.